The molecule has 0 unspecified atom stereocenters. The standard InChI is InChI=1S/C30H40N4O3/c1-6-31(7-2)26(35)21-33-22-34(25-11-9-8-10-12-25)30(28(33)37)17-19-32(20-18-30)27(36)23-13-15-24(16-14-23)29(3,4)5/h8-16H,6-7,17-22H2,1-5H3. The fourth-order valence-electron chi connectivity index (χ4n) is 5.54. The van der Waals surface area contributed by atoms with Crippen LogP contribution in [0.15, 0.2) is 54.6 Å². The van der Waals surface area contributed by atoms with Crippen LogP contribution in [-0.4, -0.2) is 77.4 Å². The number of benzene rings is 2. The first kappa shape index (κ1) is 26.7. The van der Waals surface area contributed by atoms with E-state index >= 15 is 0 Å². The van der Waals surface area contributed by atoms with Crippen LogP contribution >= 0.6 is 0 Å². The Labute approximate surface area is 221 Å². The lowest BCUT2D eigenvalue weighted by molar-refractivity contribution is -0.140. The van der Waals surface area contributed by atoms with Crippen LogP contribution < -0.4 is 4.90 Å². The van der Waals surface area contributed by atoms with Gasteiger partial charge in [0.15, 0.2) is 0 Å². The number of piperidine rings is 1. The highest BCUT2D eigenvalue weighted by Crippen LogP contribution is 2.39. The Balaban J connectivity index is 1.53. The summed E-state index contributed by atoms with van der Waals surface area (Å²) < 4.78 is 0. The second-order valence-electron chi connectivity index (χ2n) is 11.1. The molecule has 0 saturated carbocycles. The van der Waals surface area contributed by atoms with Gasteiger partial charge in [0, 0.05) is 37.4 Å². The Hall–Kier alpha value is -3.35. The summed E-state index contributed by atoms with van der Waals surface area (Å²) in [5.41, 5.74) is 2.11. The fourth-order valence-corrected chi connectivity index (χ4v) is 5.54. The molecule has 198 valence electrons. The van der Waals surface area contributed by atoms with Gasteiger partial charge in [-0.3, -0.25) is 14.4 Å². The summed E-state index contributed by atoms with van der Waals surface area (Å²) in [7, 11) is 0. The average Bonchev–Trinajstić information content (AvgIpc) is 3.15. The van der Waals surface area contributed by atoms with E-state index in [0.717, 1.165) is 5.69 Å². The summed E-state index contributed by atoms with van der Waals surface area (Å²) in [6.07, 6.45) is 1.06. The van der Waals surface area contributed by atoms with Gasteiger partial charge in [-0.15, -0.1) is 0 Å². The smallest absolute Gasteiger partial charge is 0.253 e. The molecule has 3 amide bonds. The number of amides is 3. The summed E-state index contributed by atoms with van der Waals surface area (Å²) >= 11 is 0. The van der Waals surface area contributed by atoms with Crippen LogP contribution in [-0.2, 0) is 15.0 Å². The quantitative estimate of drug-likeness (QED) is 0.593. The molecule has 1 spiro atoms. The molecule has 2 fully saturated rings. The molecule has 0 radical (unpaired) electrons. The van der Waals surface area contributed by atoms with Crippen LogP contribution in [0.1, 0.15) is 63.4 Å². The molecular formula is C30H40N4O3. The molecule has 2 aliphatic heterocycles. The van der Waals surface area contributed by atoms with Crippen molar-refractivity contribution in [3.8, 4) is 0 Å². The van der Waals surface area contributed by atoms with Crippen molar-refractivity contribution in [3.05, 3.63) is 65.7 Å². The molecule has 2 aromatic rings. The summed E-state index contributed by atoms with van der Waals surface area (Å²) in [4.78, 5) is 47.5. The number of carbonyl (C=O) groups excluding carboxylic acids is 3. The molecule has 0 aliphatic carbocycles. The minimum Gasteiger partial charge on any atom is -0.342 e. The van der Waals surface area contributed by atoms with Crippen molar-refractivity contribution in [3.63, 3.8) is 0 Å². The first-order valence-corrected chi connectivity index (χ1v) is 13.4. The minimum absolute atomic E-state index is 0.000540. The Morgan fingerprint density at radius 3 is 2.05 bits per heavy atom. The molecule has 0 N–H and O–H groups in total. The normalized spacial score (nSPS) is 17.4. The van der Waals surface area contributed by atoms with E-state index in [0.29, 0.717) is 51.3 Å². The van der Waals surface area contributed by atoms with Gasteiger partial charge >= 0.3 is 0 Å². The first-order chi connectivity index (χ1) is 17.6. The maximum Gasteiger partial charge on any atom is 0.253 e. The van der Waals surface area contributed by atoms with E-state index < -0.39 is 5.54 Å². The third-order valence-corrected chi connectivity index (χ3v) is 7.90. The summed E-state index contributed by atoms with van der Waals surface area (Å²) in [6, 6.07) is 17.8. The SMILES string of the molecule is CCN(CC)C(=O)CN1CN(c2ccccc2)C2(CCN(C(=O)c3ccc(C(C)(C)C)cc3)CC2)C1=O. The van der Waals surface area contributed by atoms with Gasteiger partial charge in [-0.05, 0) is 61.9 Å². The average molecular weight is 505 g/mol. The van der Waals surface area contributed by atoms with E-state index in [2.05, 4.69) is 25.7 Å². The second kappa shape index (κ2) is 10.6. The van der Waals surface area contributed by atoms with Crippen LogP contribution in [0, 0.1) is 0 Å². The predicted molar refractivity (Wildman–Crippen MR) is 146 cm³/mol. The summed E-state index contributed by atoms with van der Waals surface area (Å²) in [6.45, 7) is 13.1. The Morgan fingerprint density at radius 2 is 1.51 bits per heavy atom. The van der Waals surface area contributed by atoms with E-state index in [1.165, 1.54) is 5.56 Å². The third-order valence-electron chi connectivity index (χ3n) is 7.90. The largest absolute Gasteiger partial charge is 0.342 e. The van der Waals surface area contributed by atoms with Crippen LogP contribution in [0.4, 0.5) is 5.69 Å². The van der Waals surface area contributed by atoms with Gasteiger partial charge in [0.2, 0.25) is 5.91 Å². The van der Waals surface area contributed by atoms with Gasteiger partial charge in [-0.1, -0.05) is 51.1 Å². The van der Waals surface area contributed by atoms with Crippen molar-refractivity contribution in [2.24, 2.45) is 0 Å². The van der Waals surface area contributed by atoms with Gasteiger partial charge in [-0.2, -0.15) is 0 Å². The van der Waals surface area contributed by atoms with E-state index in [1.54, 1.807) is 9.80 Å². The topological polar surface area (TPSA) is 64.2 Å². The predicted octanol–water partition coefficient (Wildman–Crippen LogP) is 4.13. The molecular weight excluding hydrogens is 464 g/mol. The summed E-state index contributed by atoms with van der Waals surface area (Å²) in [5.74, 6) is -0.0474. The van der Waals surface area contributed by atoms with Crippen molar-refractivity contribution >= 4 is 23.4 Å². The van der Waals surface area contributed by atoms with E-state index in [4.69, 9.17) is 0 Å². The molecule has 0 atom stereocenters. The molecule has 37 heavy (non-hydrogen) atoms. The Morgan fingerprint density at radius 1 is 0.919 bits per heavy atom. The van der Waals surface area contributed by atoms with Crippen molar-refractivity contribution in [1.29, 1.82) is 0 Å². The number of hydrogen-bond donors (Lipinski definition) is 0. The minimum atomic E-state index is -0.752. The number of rotatable bonds is 6. The summed E-state index contributed by atoms with van der Waals surface area (Å²) in [5, 5.41) is 0. The van der Waals surface area contributed by atoms with Gasteiger partial charge in [0.25, 0.3) is 11.8 Å². The van der Waals surface area contributed by atoms with E-state index in [1.807, 2.05) is 73.3 Å². The van der Waals surface area contributed by atoms with Crippen LogP contribution in [0.3, 0.4) is 0 Å². The molecule has 7 nitrogen and oxygen atoms in total. The number of para-hydroxylation sites is 1. The Bertz CT molecular complexity index is 1110. The third kappa shape index (κ3) is 5.22. The first-order valence-electron chi connectivity index (χ1n) is 13.4. The number of hydrogen-bond acceptors (Lipinski definition) is 4. The van der Waals surface area contributed by atoms with Crippen LogP contribution in [0.2, 0.25) is 0 Å². The highest BCUT2D eigenvalue weighted by molar-refractivity contribution is 5.97. The van der Waals surface area contributed by atoms with E-state index in [-0.39, 0.29) is 29.7 Å². The molecule has 2 aliphatic rings. The molecule has 2 heterocycles. The van der Waals surface area contributed by atoms with Gasteiger partial charge < -0.3 is 19.6 Å². The van der Waals surface area contributed by atoms with E-state index in [9.17, 15) is 14.4 Å². The molecule has 7 heteroatoms. The molecule has 0 bridgehead atoms. The number of likely N-dealkylation sites (tertiary alicyclic amines) is 1. The lowest BCUT2D eigenvalue weighted by atomic mass is 9.84. The van der Waals surface area contributed by atoms with Crippen LogP contribution in [0.5, 0.6) is 0 Å². The van der Waals surface area contributed by atoms with Crippen molar-refractivity contribution in [1.82, 2.24) is 14.7 Å². The second-order valence-corrected chi connectivity index (χ2v) is 11.1. The van der Waals surface area contributed by atoms with Gasteiger partial charge in [-0.25, -0.2) is 0 Å². The lowest BCUT2D eigenvalue weighted by Crippen LogP contribution is -2.57. The Kier molecular flexibility index (Phi) is 7.62. The molecule has 2 aromatic carbocycles. The zero-order valence-electron chi connectivity index (χ0n) is 22.9. The zero-order chi connectivity index (χ0) is 26.8. The maximum atomic E-state index is 13.9. The van der Waals surface area contributed by atoms with Crippen molar-refractivity contribution < 1.29 is 14.4 Å². The molecule has 0 aromatic heterocycles. The number of carbonyl (C=O) groups is 3. The van der Waals surface area contributed by atoms with Crippen molar-refractivity contribution in [2.45, 2.75) is 58.4 Å². The fraction of sp³-hybridized carbons (Fsp3) is 0.500. The number of anilines is 1. The van der Waals surface area contributed by atoms with Gasteiger partial charge in [0.05, 0.1) is 6.67 Å². The van der Waals surface area contributed by atoms with Crippen molar-refractivity contribution in [2.75, 3.05) is 44.3 Å². The molecule has 4 rings (SSSR count). The number of likely N-dealkylation sites (N-methyl/N-ethyl adjacent to an activating group) is 1. The van der Waals surface area contributed by atoms with Crippen LogP contribution in [0.25, 0.3) is 0 Å². The maximum absolute atomic E-state index is 13.9. The zero-order valence-corrected chi connectivity index (χ0v) is 22.9. The highest BCUT2D eigenvalue weighted by atomic mass is 16.2. The van der Waals surface area contributed by atoms with Gasteiger partial charge in [0.1, 0.15) is 12.1 Å². The molecule has 2 saturated heterocycles. The lowest BCUT2D eigenvalue weighted by Gasteiger charge is -2.43. The monoisotopic (exact) mass is 504 g/mol. The number of nitrogens with zero attached hydrogens (tertiary/aromatic N) is 4. The highest BCUT2D eigenvalue weighted by Gasteiger charge is 2.54.